The van der Waals surface area contributed by atoms with Crippen LogP contribution in [0.15, 0.2) is 47.7 Å². The molecule has 1 aromatic carbocycles. The van der Waals surface area contributed by atoms with Crippen LogP contribution in [0.5, 0.6) is 0 Å². The van der Waals surface area contributed by atoms with Crippen LogP contribution in [0, 0.1) is 5.92 Å². The first kappa shape index (κ1) is 22.5. The number of piperidine rings is 1. The van der Waals surface area contributed by atoms with Gasteiger partial charge in [-0.15, -0.1) is 24.0 Å². The zero-order chi connectivity index (χ0) is 18.9. The summed E-state index contributed by atoms with van der Waals surface area (Å²) < 4.78 is 1.95. The van der Waals surface area contributed by atoms with Crippen LogP contribution in [0.4, 0.5) is 5.69 Å². The van der Waals surface area contributed by atoms with Crippen molar-refractivity contribution < 1.29 is 0 Å². The molecule has 0 aliphatic carbocycles. The highest BCUT2D eigenvalue weighted by atomic mass is 127. The highest BCUT2D eigenvalue weighted by Crippen LogP contribution is 2.23. The highest BCUT2D eigenvalue weighted by molar-refractivity contribution is 14.0. The SMILES string of the molecule is CN=C(NCCCn1cccn1)NCc1ccc(N2CCC(C)CC2)cc1.I. The highest BCUT2D eigenvalue weighted by Gasteiger charge is 2.15. The van der Waals surface area contributed by atoms with Gasteiger partial charge < -0.3 is 15.5 Å². The maximum absolute atomic E-state index is 4.30. The number of hydrogen-bond donors (Lipinski definition) is 2. The van der Waals surface area contributed by atoms with Crippen LogP contribution in [0.2, 0.25) is 0 Å². The van der Waals surface area contributed by atoms with E-state index in [1.165, 1.54) is 37.2 Å². The largest absolute Gasteiger partial charge is 0.372 e. The summed E-state index contributed by atoms with van der Waals surface area (Å²) in [5, 5.41) is 11.0. The van der Waals surface area contributed by atoms with E-state index in [0.717, 1.165) is 37.9 Å². The molecule has 0 radical (unpaired) electrons. The summed E-state index contributed by atoms with van der Waals surface area (Å²) in [4.78, 5) is 6.80. The van der Waals surface area contributed by atoms with Crippen molar-refractivity contribution in [2.24, 2.45) is 10.9 Å². The number of guanidine groups is 1. The van der Waals surface area contributed by atoms with Crippen molar-refractivity contribution in [3.63, 3.8) is 0 Å². The molecule has 1 aliphatic rings. The number of benzene rings is 1. The third-order valence-corrected chi connectivity index (χ3v) is 5.18. The minimum Gasteiger partial charge on any atom is -0.372 e. The Labute approximate surface area is 185 Å². The molecule has 1 fully saturated rings. The lowest BCUT2D eigenvalue weighted by Gasteiger charge is -2.32. The Morgan fingerprint density at radius 3 is 2.57 bits per heavy atom. The summed E-state index contributed by atoms with van der Waals surface area (Å²) in [7, 11) is 1.81. The molecule has 7 heteroatoms. The average Bonchev–Trinajstić information content (AvgIpc) is 3.22. The van der Waals surface area contributed by atoms with Gasteiger partial charge in [-0.05, 0) is 48.9 Å². The van der Waals surface area contributed by atoms with Crippen LogP contribution in [0.3, 0.4) is 0 Å². The molecule has 28 heavy (non-hydrogen) atoms. The lowest BCUT2D eigenvalue weighted by atomic mass is 9.99. The summed E-state index contributed by atoms with van der Waals surface area (Å²) in [6.07, 6.45) is 7.40. The Bertz CT molecular complexity index is 690. The Hall–Kier alpha value is -1.77. The predicted octanol–water partition coefficient (Wildman–Crippen LogP) is 3.49. The molecule has 0 unspecified atom stereocenters. The Kier molecular flexibility index (Phi) is 9.60. The van der Waals surface area contributed by atoms with Crippen molar-refractivity contribution in [3.8, 4) is 0 Å². The number of nitrogens with one attached hydrogen (secondary N) is 2. The van der Waals surface area contributed by atoms with E-state index >= 15 is 0 Å². The van der Waals surface area contributed by atoms with Crippen molar-refractivity contribution in [3.05, 3.63) is 48.3 Å². The first-order chi connectivity index (χ1) is 13.2. The molecule has 1 aliphatic heterocycles. The van der Waals surface area contributed by atoms with Crippen LogP contribution < -0.4 is 15.5 Å². The molecule has 0 atom stereocenters. The average molecular weight is 496 g/mol. The summed E-state index contributed by atoms with van der Waals surface area (Å²) in [5.74, 6) is 1.70. The first-order valence-corrected chi connectivity index (χ1v) is 10.0. The van der Waals surface area contributed by atoms with Gasteiger partial charge in [-0.3, -0.25) is 9.67 Å². The fourth-order valence-electron chi connectivity index (χ4n) is 3.38. The number of rotatable bonds is 7. The topological polar surface area (TPSA) is 57.5 Å². The minimum atomic E-state index is 0. The second-order valence-corrected chi connectivity index (χ2v) is 7.31. The van der Waals surface area contributed by atoms with Gasteiger partial charge in [0.05, 0.1) is 0 Å². The van der Waals surface area contributed by atoms with Crippen molar-refractivity contribution in [1.29, 1.82) is 0 Å². The molecule has 6 nitrogen and oxygen atoms in total. The maximum atomic E-state index is 4.30. The lowest BCUT2D eigenvalue weighted by molar-refractivity contribution is 0.438. The zero-order valence-electron chi connectivity index (χ0n) is 17.0. The summed E-state index contributed by atoms with van der Waals surface area (Å²) in [5.41, 5.74) is 2.61. The van der Waals surface area contributed by atoms with Gasteiger partial charge in [0.1, 0.15) is 0 Å². The quantitative estimate of drug-likeness (QED) is 0.267. The molecule has 154 valence electrons. The van der Waals surface area contributed by atoms with Gasteiger partial charge in [0.25, 0.3) is 0 Å². The van der Waals surface area contributed by atoms with Crippen LogP contribution in [0.1, 0.15) is 31.7 Å². The van der Waals surface area contributed by atoms with E-state index in [1.807, 2.05) is 30.2 Å². The molecule has 2 heterocycles. The monoisotopic (exact) mass is 496 g/mol. The molecule has 2 N–H and O–H groups in total. The van der Waals surface area contributed by atoms with Crippen LogP contribution >= 0.6 is 24.0 Å². The predicted molar refractivity (Wildman–Crippen MR) is 128 cm³/mol. The summed E-state index contributed by atoms with van der Waals surface area (Å²) in [6.45, 7) is 7.25. The van der Waals surface area contributed by atoms with E-state index in [1.54, 1.807) is 0 Å². The van der Waals surface area contributed by atoms with E-state index in [-0.39, 0.29) is 24.0 Å². The smallest absolute Gasteiger partial charge is 0.191 e. The second-order valence-electron chi connectivity index (χ2n) is 7.31. The molecule has 0 bridgehead atoms. The number of nitrogens with zero attached hydrogens (tertiary/aromatic N) is 4. The molecule has 3 rings (SSSR count). The molecule has 1 aromatic heterocycles. The third kappa shape index (κ3) is 7.00. The molecule has 2 aromatic rings. The second kappa shape index (κ2) is 11.9. The zero-order valence-corrected chi connectivity index (χ0v) is 19.3. The third-order valence-electron chi connectivity index (χ3n) is 5.18. The Morgan fingerprint density at radius 1 is 1.18 bits per heavy atom. The van der Waals surface area contributed by atoms with Crippen molar-refractivity contribution >= 4 is 35.6 Å². The van der Waals surface area contributed by atoms with Gasteiger partial charge in [0, 0.05) is 57.9 Å². The Morgan fingerprint density at radius 2 is 1.93 bits per heavy atom. The molecular weight excluding hydrogens is 463 g/mol. The van der Waals surface area contributed by atoms with Gasteiger partial charge in [-0.1, -0.05) is 19.1 Å². The Balaban J connectivity index is 0.00000280. The van der Waals surface area contributed by atoms with E-state index in [2.05, 4.69) is 56.8 Å². The van der Waals surface area contributed by atoms with Crippen LogP contribution in [0.25, 0.3) is 0 Å². The van der Waals surface area contributed by atoms with Crippen LogP contribution in [-0.2, 0) is 13.1 Å². The van der Waals surface area contributed by atoms with E-state index in [4.69, 9.17) is 0 Å². The van der Waals surface area contributed by atoms with Gasteiger partial charge in [-0.25, -0.2) is 0 Å². The standard InChI is InChI=1S/C21H32N6.HI/c1-18-9-15-26(16-10-18)20-7-5-19(6-8-20)17-24-21(22-2)23-11-3-13-27-14-4-12-25-27;/h4-8,12,14,18H,3,9-11,13,15-17H2,1-2H3,(H2,22,23,24);1H. The van der Waals surface area contributed by atoms with Gasteiger partial charge in [-0.2, -0.15) is 5.10 Å². The molecule has 0 spiro atoms. The van der Waals surface area contributed by atoms with Gasteiger partial charge in [0.2, 0.25) is 0 Å². The van der Waals surface area contributed by atoms with Gasteiger partial charge >= 0.3 is 0 Å². The van der Waals surface area contributed by atoms with E-state index in [9.17, 15) is 0 Å². The molecule has 0 saturated carbocycles. The van der Waals surface area contributed by atoms with Crippen molar-refractivity contribution in [2.75, 3.05) is 31.6 Å². The number of aliphatic imine (C=N–C) groups is 1. The number of aromatic nitrogens is 2. The summed E-state index contributed by atoms with van der Waals surface area (Å²) in [6, 6.07) is 10.9. The fraction of sp³-hybridized carbons (Fsp3) is 0.524. The van der Waals surface area contributed by atoms with Crippen molar-refractivity contribution in [1.82, 2.24) is 20.4 Å². The fourth-order valence-corrected chi connectivity index (χ4v) is 3.38. The molecular formula is C21H33IN6. The minimum absolute atomic E-state index is 0. The number of hydrogen-bond acceptors (Lipinski definition) is 3. The molecule has 1 saturated heterocycles. The summed E-state index contributed by atoms with van der Waals surface area (Å²) >= 11 is 0. The van der Waals surface area contributed by atoms with Crippen molar-refractivity contribution in [2.45, 2.75) is 39.3 Å². The number of aryl methyl sites for hydroxylation is 1. The lowest BCUT2D eigenvalue weighted by Crippen LogP contribution is -2.37. The maximum Gasteiger partial charge on any atom is 0.191 e. The van der Waals surface area contributed by atoms with E-state index < -0.39 is 0 Å². The van der Waals surface area contributed by atoms with E-state index in [0.29, 0.717) is 0 Å². The first-order valence-electron chi connectivity index (χ1n) is 10.0. The van der Waals surface area contributed by atoms with Crippen LogP contribution in [-0.4, -0.2) is 42.4 Å². The number of anilines is 1. The normalized spacial score (nSPS) is 15.2. The number of halogens is 1. The van der Waals surface area contributed by atoms with Gasteiger partial charge in [0.15, 0.2) is 5.96 Å². The molecule has 0 amide bonds.